The van der Waals surface area contributed by atoms with E-state index in [1.807, 2.05) is 0 Å². The Morgan fingerprint density at radius 1 is 1.18 bits per heavy atom. The standard InChI is InChI=1S/C14H26N2O/c1-16-7-3-5-13(9-16)14(10-17-11-14)12-4-2-6-15-8-12/h12-13,15H,2-11H2,1H3. The molecule has 0 aromatic carbocycles. The minimum Gasteiger partial charge on any atom is -0.380 e. The van der Waals surface area contributed by atoms with E-state index in [2.05, 4.69) is 17.3 Å². The zero-order chi connectivity index (χ0) is 11.7. The van der Waals surface area contributed by atoms with Crippen molar-refractivity contribution in [3.8, 4) is 0 Å². The molecule has 3 heteroatoms. The lowest BCUT2D eigenvalue weighted by Gasteiger charge is -2.55. The van der Waals surface area contributed by atoms with Crippen LogP contribution >= 0.6 is 0 Å². The molecule has 2 unspecified atom stereocenters. The lowest BCUT2D eigenvalue weighted by atomic mass is 9.61. The highest BCUT2D eigenvalue weighted by Crippen LogP contribution is 2.48. The maximum Gasteiger partial charge on any atom is 0.0551 e. The molecule has 0 aromatic rings. The number of likely N-dealkylation sites (tertiary alicyclic amines) is 1. The molecule has 0 saturated carbocycles. The highest BCUT2D eigenvalue weighted by atomic mass is 16.5. The number of rotatable bonds is 2. The van der Waals surface area contributed by atoms with E-state index < -0.39 is 0 Å². The average Bonchev–Trinajstić information content (AvgIpc) is 2.29. The zero-order valence-electron chi connectivity index (χ0n) is 11.1. The van der Waals surface area contributed by atoms with Crippen LogP contribution in [-0.2, 0) is 4.74 Å². The van der Waals surface area contributed by atoms with Crippen LogP contribution in [0.3, 0.4) is 0 Å². The van der Waals surface area contributed by atoms with Gasteiger partial charge in [-0.1, -0.05) is 0 Å². The lowest BCUT2D eigenvalue weighted by molar-refractivity contribution is -0.190. The van der Waals surface area contributed by atoms with Gasteiger partial charge in [0.05, 0.1) is 13.2 Å². The minimum absolute atomic E-state index is 0.516. The largest absolute Gasteiger partial charge is 0.380 e. The van der Waals surface area contributed by atoms with Crippen LogP contribution in [0.15, 0.2) is 0 Å². The molecule has 3 rings (SSSR count). The molecule has 1 N–H and O–H groups in total. The summed E-state index contributed by atoms with van der Waals surface area (Å²) in [5.74, 6) is 1.74. The molecule has 3 nitrogen and oxygen atoms in total. The fourth-order valence-corrected chi connectivity index (χ4v) is 4.12. The average molecular weight is 238 g/mol. The minimum atomic E-state index is 0.516. The summed E-state index contributed by atoms with van der Waals surface area (Å²) < 4.78 is 5.63. The van der Waals surface area contributed by atoms with Crippen LogP contribution in [0.25, 0.3) is 0 Å². The Labute approximate surface area is 105 Å². The topological polar surface area (TPSA) is 24.5 Å². The fourth-order valence-electron chi connectivity index (χ4n) is 4.12. The Morgan fingerprint density at radius 3 is 2.59 bits per heavy atom. The molecule has 2 atom stereocenters. The molecule has 98 valence electrons. The van der Waals surface area contributed by atoms with E-state index in [1.165, 1.54) is 51.9 Å². The van der Waals surface area contributed by atoms with Crippen LogP contribution in [-0.4, -0.2) is 51.3 Å². The SMILES string of the molecule is CN1CCCC(C2(C3CCCNC3)COC2)C1. The first kappa shape index (κ1) is 11.9. The van der Waals surface area contributed by atoms with E-state index in [0.717, 1.165) is 25.0 Å². The summed E-state index contributed by atoms with van der Waals surface area (Å²) in [6.07, 6.45) is 5.57. The van der Waals surface area contributed by atoms with Gasteiger partial charge in [-0.15, -0.1) is 0 Å². The lowest BCUT2D eigenvalue weighted by Crippen LogP contribution is -2.59. The van der Waals surface area contributed by atoms with Crippen molar-refractivity contribution < 1.29 is 4.74 Å². The molecular weight excluding hydrogens is 212 g/mol. The van der Waals surface area contributed by atoms with E-state index in [0.29, 0.717) is 5.41 Å². The predicted octanol–water partition coefficient (Wildman–Crippen LogP) is 1.34. The summed E-state index contributed by atoms with van der Waals surface area (Å²) in [4.78, 5) is 2.52. The van der Waals surface area contributed by atoms with Gasteiger partial charge in [0, 0.05) is 12.0 Å². The van der Waals surface area contributed by atoms with Gasteiger partial charge in [-0.3, -0.25) is 0 Å². The van der Waals surface area contributed by atoms with Crippen molar-refractivity contribution >= 4 is 0 Å². The van der Waals surface area contributed by atoms with Gasteiger partial charge in [-0.2, -0.15) is 0 Å². The highest BCUT2D eigenvalue weighted by molar-refractivity contribution is 5.00. The third-order valence-corrected chi connectivity index (χ3v) is 5.29. The Balaban J connectivity index is 1.71. The van der Waals surface area contributed by atoms with Crippen molar-refractivity contribution in [2.45, 2.75) is 25.7 Å². The summed E-state index contributed by atoms with van der Waals surface area (Å²) in [5, 5.41) is 3.59. The number of nitrogens with zero attached hydrogens (tertiary/aromatic N) is 1. The van der Waals surface area contributed by atoms with Gasteiger partial charge >= 0.3 is 0 Å². The summed E-state index contributed by atoms with van der Waals surface area (Å²) in [6, 6.07) is 0. The molecule has 3 fully saturated rings. The normalized spacial score (nSPS) is 38.6. The zero-order valence-corrected chi connectivity index (χ0v) is 11.1. The monoisotopic (exact) mass is 238 g/mol. The second-order valence-corrected chi connectivity index (χ2v) is 6.37. The molecule has 3 saturated heterocycles. The smallest absolute Gasteiger partial charge is 0.0551 e. The van der Waals surface area contributed by atoms with E-state index in [4.69, 9.17) is 4.74 Å². The molecule has 3 aliphatic rings. The van der Waals surface area contributed by atoms with E-state index in [-0.39, 0.29) is 0 Å². The molecule has 17 heavy (non-hydrogen) atoms. The van der Waals surface area contributed by atoms with E-state index >= 15 is 0 Å². The van der Waals surface area contributed by atoms with Gasteiger partial charge in [-0.25, -0.2) is 0 Å². The summed E-state index contributed by atoms with van der Waals surface area (Å²) in [5.41, 5.74) is 0.516. The summed E-state index contributed by atoms with van der Waals surface area (Å²) >= 11 is 0. The van der Waals surface area contributed by atoms with E-state index in [1.54, 1.807) is 0 Å². The van der Waals surface area contributed by atoms with Crippen molar-refractivity contribution in [3.05, 3.63) is 0 Å². The van der Waals surface area contributed by atoms with Crippen molar-refractivity contribution in [2.75, 3.05) is 46.4 Å². The van der Waals surface area contributed by atoms with E-state index in [9.17, 15) is 0 Å². The van der Waals surface area contributed by atoms with Crippen molar-refractivity contribution in [2.24, 2.45) is 17.3 Å². The highest BCUT2D eigenvalue weighted by Gasteiger charge is 2.51. The number of hydrogen-bond acceptors (Lipinski definition) is 3. The third-order valence-electron chi connectivity index (χ3n) is 5.29. The Kier molecular flexibility index (Phi) is 3.42. The van der Waals surface area contributed by atoms with Gasteiger partial charge in [0.1, 0.15) is 0 Å². The molecule has 0 aromatic heterocycles. The molecule has 0 spiro atoms. The number of hydrogen-bond donors (Lipinski definition) is 1. The summed E-state index contributed by atoms with van der Waals surface area (Å²) in [6.45, 7) is 7.08. The van der Waals surface area contributed by atoms with Crippen molar-refractivity contribution in [1.29, 1.82) is 0 Å². The van der Waals surface area contributed by atoms with Crippen molar-refractivity contribution in [1.82, 2.24) is 10.2 Å². The Bertz CT molecular complexity index is 259. The number of nitrogens with one attached hydrogen (secondary N) is 1. The summed E-state index contributed by atoms with van der Waals surface area (Å²) in [7, 11) is 2.28. The fraction of sp³-hybridized carbons (Fsp3) is 1.00. The maximum atomic E-state index is 5.63. The molecule has 3 aliphatic heterocycles. The predicted molar refractivity (Wildman–Crippen MR) is 69.1 cm³/mol. The third kappa shape index (κ3) is 2.13. The van der Waals surface area contributed by atoms with Gasteiger partial charge in [0.15, 0.2) is 0 Å². The molecule has 0 radical (unpaired) electrons. The number of piperidine rings is 2. The van der Waals surface area contributed by atoms with Crippen LogP contribution < -0.4 is 5.32 Å². The molecule has 0 aliphatic carbocycles. The van der Waals surface area contributed by atoms with Gasteiger partial charge in [-0.05, 0) is 64.2 Å². The van der Waals surface area contributed by atoms with Crippen LogP contribution in [0.5, 0.6) is 0 Å². The maximum absolute atomic E-state index is 5.63. The van der Waals surface area contributed by atoms with Gasteiger partial charge in [0.2, 0.25) is 0 Å². The van der Waals surface area contributed by atoms with Gasteiger partial charge < -0.3 is 15.0 Å². The van der Waals surface area contributed by atoms with Crippen LogP contribution in [0.2, 0.25) is 0 Å². The Morgan fingerprint density at radius 2 is 2.00 bits per heavy atom. The molecule has 0 bridgehead atoms. The van der Waals surface area contributed by atoms with Crippen molar-refractivity contribution in [3.63, 3.8) is 0 Å². The second kappa shape index (κ2) is 4.87. The first-order valence-corrected chi connectivity index (χ1v) is 7.28. The van der Waals surface area contributed by atoms with Gasteiger partial charge in [0.25, 0.3) is 0 Å². The Hall–Kier alpha value is -0.120. The quantitative estimate of drug-likeness (QED) is 0.786. The molecule has 3 heterocycles. The van der Waals surface area contributed by atoms with Crippen LogP contribution in [0.1, 0.15) is 25.7 Å². The molecular formula is C14H26N2O. The first-order chi connectivity index (χ1) is 8.31. The van der Waals surface area contributed by atoms with Crippen LogP contribution in [0, 0.1) is 17.3 Å². The van der Waals surface area contributed by atoms with Crippen LogP contribution in [0.4, 0.5) is 0 Å². The molecule has 0 amide bonds. The first-order valence-electron chi connectivity index (χ1n) is 7.28. The second-order valence-electron chi connectivity index (χ2n) is 6.37. The number of ether oxygens (including phenoxy) is 1.